The van der Waals surface area contributed by atoms with Crippen molar-refractivity contribution in [2.75, 3.05) is 12.3 Å². The number of halogens is 3. The number of hydrogen-bond acceptors (Lipinski definition) is 2. The summed E-state index contributed by atoms with van der Waals surface area (Å²) in [5.41, 5.74) is 0.282. The van der Waals surface area contributed by atoms with Gasteiger partial charge in [0.2, 0.25) is 13.8 Å². The number of rotatable bonds is 3. The lowest BCUT2D eigenvalue weighted by atomic mass is 10.1. The van der Waals surface area contributed by atoms with Crippen molar-refractivity contribution >= 4 is 44.8 Å². The molecule has 0 amide bonds. The van der Waals surface area contributed by atoms with Gasteiger partial charge in [0.15, 0.2) is 0 Å². The standard InChI is InChI=1S/C8H12Cl3NO2S/c1-6(2)7(3)4-12(7)15(13,14)5-8(9,10)11/h1,4-5H2,2-3H3. The predicted octanol–water partition coefficient (Wildman–Crippen LogP) is 2.34. The Balaban J connectivity index is 2.81. The van der Waals surface area contributed by atoms with Crippen LogP contribution in [0.3, 0.4) is 0 Å². The van der Waals surface area contributed by atoms with Gasteiger partial charge in [-0.2, -0.15) is 4.31 Å². The summed E-state index contributed by atoms with van der Waals surface area (Å²) in [5.74, 6) is -0.506. The van der Waals surface area contributed by atoms with Crippen LogP contribution >= 0.6 is 34.8 Å². The lowest BCUT2D eigenvalue weighted by molar-refractivity contribution is 0.536. The van der Waals surface area contributed by atoms with E-state index in [-0.39, 0.29) is 0 Å². The van der Waals surface area contributed by atoms with Gasteiger partial charge in [-0.3, -0.25) is 0 Å². The Morgan fingerprint density at radius 1 is 1.53 bits per heavy atom. The zero-order valence-corrected chi connectivity index (χ0v) is 11.5. The lowest BCUT2D eigenvalue weighted by Gasteiger charge is -2.15. The molecule has 3 nitrogen and oxygen atoms in total. The number of nitrogens with zero attached hydrogens (tertiary/aromatic N) is 1. The molecule has 0 aromatic carbocycles. The van der Waals surface area contributed by atoms with Gasteiger partial charge < -0.3 is 0 Å². The minimum Gasteiger partial charge on any atom is -0.212 e. The molecule has 1 saturated heterocycles. The van der Waals surface area contributed by atoms with Gasteiger partial charge in [0, 0.05) is 6.54 Å². The maximum absolute atomic E-state index is 11.8. The predicted molar refractivity (Wildman–Crippen MR) is 64.0 cm³/mol. The third-order valence-corrected chi connectivity index (χ3v) is 5.38. The molecule has 0 N–H and O–H groups in total. The fraction of sp³-hybridized carbons (Fsp3) is 0.750. The zero-order chi connectivity index (χ0) is 12.1. The fourth-order valence-electron chi connectivity index (χ4n) is 1.28. The normalized spacial score (nSPS) is 31.4. The van der Waals surface area contributed by atoms with E-state index in [0.717, 1.165) is 5.57 Å². The van der Waals surface area contributed by atoms with Gasteiger partial charge in [0.1, 0.15) is 5.75 Å². The third kappa shape index (κ3) is 3.01. The fourth-order valence-corrected chi connectivity index (χ4v) is 4.31. The summed E-state index contributed by atoms with van der Waals surface area (Å²) in [6.45, 7) is 7.73. The second-order valence-electron chi connectivity index (χ2n) is 3.93. The first kappa shape index (κ1) is 13.6. The molecule has 15 heavy (non-hydrogen) atoms. The molecule has 2 unspecified atom stereocenters. The molecule has 1 fully saturated rings. The van der Waals surface area contributed by atoms with Crippen molar-refractivity contribution in [3.63, 3.8) is 0 Å². The highest BCUT2D eigenvalue weighted by molar-refractivity contribution is 7.89. The topological polar surface area (TPSA) is 37.1 Å². The largest absolute Gasteiger partial charge is 0.219 e. The Bertz CT molecular complexity index is 387. The van der Waals surface area contributed by atoms with Crippen LogP contribution in [-0.4, -0.2) is 34.4 Å². The van der Waals surface area contributed by atoms with Crippen LogP contribution in [0, 0.1) is 0 Å². The Hall–Kier alpha value is 0.520. The van der Waals surface area contributed by atoms with Crippen LogP contribution < -0.4 is 0 Å². The van der Waals surface area contributed by atoms with Gasteiger partial charge in [-0.15, -0.1) is 0 Å². The zero-order valence-electron chi connectivity index (χ0n) is 8.43. The van der Waals surface area contributed by atoms with Crippen molar-refractivity contribution in [2.24, 2.45) is 0 Å². The summed E-state index contributed by atoms with van der Waals surface area (Å²) in [5, 5.41) is 0. The van der Waals surface area contributed by atoms with Crippen molar-refractivity contribution in [3.05, 3.63) is 12.2 Å². The molecule has 0 radical (unpaired) electrons. The monoisotopic (exact) mass is 291 g/mol. The van der Waals surface area contributed by atoms with Crippen molar-refractivity contribution in [2.45, 2.75) is 23.2 Å². The van der Waals surface area contributed by atoms with Crippen molar-refractivity contribution in [1.29, 1.82) is 0 Å². The van der Waals surface area contributed by atoms with E-state index in [1.54, 1.807) is 13.8 Å². The van der Waals surface area contributed by atoms with Crippen molar-refractivity contribution in [1.82, 2.24) is 4.31 Å². The van der Waals surface area contributed by atoms with E-state index in [4.69, 9.17) is 34.8 Å². The first-order valence-electron chi connectivity index (χ1n) is 4.22. The van der Waals surface area contributed by atoms with E-state index < -0.39 is 25.1 Å². The molecule has 0 aromatic rings. The second-order valence-corrected chi connectivity index (χ2v) is 8.34. The molecule has 1 aliphatic rings. The summed E-state index contributed by atoms with van der Waals surface area (Å²) < 4.78 is 23.0. The summed E-state index contributed by atoms with van der Waals surface area (Å²) in [6, 6.07) is 0. The van der Waals surface area contributed by atoms with Gasteiger partial charge in [0.25, 0.3) is 0 Å². The van der Waals surface area contributed by atoms with Crippen LogP contribution in [0.5, 0.6) is 0 Å². The minimum atomic E-state index is -3.52. The Labute approximate surface area is 105 Å². The minimum absolute atomic E-state index is 0.408. The highest BCUT2D eigenvalue weighted by atomic mass is 35.6. The average Bonchev–Trinajstić information content (AvgIpc) is 2.58. The number of alkyl halides is 3. The molecule has 2 atom stereocenters. The van der Waals surface area contributed by atoms with Crippen LogP contribution in [0.4, 0.5) is 0 Å². The average molecular weight is 293 g/mol. The molecule has 1 aliphatic heterocycles. The molecular formula is C8H12Cl3NO2S. The molecule has 7 heteroatoms. The highest BCUT2D eigenvalue weighted by Crippen LogP contribution is 2.42. The molecule has 1 rings (SSSR count). The van der Waals surface area contributed by atoms with Gasteiger partial charge in [-0.1, -0.05) is 47.0 Å². The van der Waals surface area contributed by atoms with Crippen LogP contribution in [0.2, 0.25) is 0 Å². The molecule has 0 saturated carbocycles. The number of sulfonamides is 1. The van der Waals surface area contributed by atoms with E-state index in [1.807, 2.05) is 0 Å². The molecule has 1 heterocycles. The van der Waals surface area contributed by atoms with Crippen LogP contribution in [0.1, 0.15) is 13.8 Å². The van der Waals surface area contributed by atoms with Gasteiger partial charge in [-0.25, -0.2) is 8.42 Å². The first-order chi connectivity index (χ1) is 6.49. The summed E-state index contributed by atoms with van der Waals surface area (Å²) in [4.78, 5) is 0. The SMILES string of the molecule is C=C(C)C1(C)CN1S(=O)(=O)CC(Cl)(Cl)Cl. The lowest BCUT2D eigenvalue weighted by Crippen LogP contribution is -2.29. The van der Waals surface area contributed by atoms with Crippen molar-refractivity contribution < 1.29 is 8.42 Å². The van der Waals surface area contributed by atoms with Gasteiger partial charge in [-0.05, 0) is 13.8 Å². The van der Waals surface area contributed by atoms with E-state index in [9.17, 15) is 8.42 Å². The number of hydrogen-bond donors (Lipinski definition) is 0. The smallest absolute Gasteiger partial charge is 0.212 e. The molecule has 0 bridgehead atoms. The van der Waals surface area contributed by atoms with Crippen LogP contribution in [0.15, 0.2) is 12.2 Å². The Morgan fingerprint density at radius 2 is 2.00 bits per heavy atom. The first-order valence-corrected chi connectivity index (χ1v) is 6.97. The third-order valence-electron chi connectivity index (χ3n) is 2.50. The Morgan fingerprint density at radius 3 is 2.27 bits per heavy atom. The van der Waals surface area contributed by atoms with E-state index >= 15 is 0 Å². The molecule has 0 spiro atoms. The summed E-state index contributed by atoms with van der Waals surface area (Å²) in [7, 11) is -3.52. The summed E-state index contributed by atoms with van der Waals surface area (Å²) in [6.07, 6.45) is 0. The van der Waals surface area contributed by atoms with Gasteiger partial charge >= 0.3 is 0 Å². The quantitative estimate of drug-likeness (QED) is 0.455. The molecule has 0 aliphatic carbocycles. The summed E-state index contributed by atoms with van der Waals surface area (Å²) >= 11 is 16.4. The second kappa shape index (κ2) is 3.77. The Kier molecular flexibility index (Phi) is 3.42. The molecular weight excluding hydrogens is 281 g/mol. The molecule has 0 aromatic heterocycles. The van der Waals surface area contributed by atoms with Crippen molar-refractivity contribution in [3.8, 4) is 0 Å². The maximum atomic E-state index is 11.8. The highest BCUT2D eigenvalue weighted by Gasteiger charge is 2.56. The van der Waals surface area contributed by atoms with E-state index in [1.165, 1.54) is 4.31 Å². The van der Waals surface area contributed by atoms with E-state index in [2.05, 4.69) is 6.58 Å². The molecule has 88 valence electrons. The van der Waals surface area contributed by atoms with E-state index in [0.29, 0.717) is 6.54 Å². The maximum Gasteiger partial charge on any atom is 0.219 e. The van der Waals surface area contributed by atoms with Gasteiger partial charge in [0.05, 0.1) is 5.54 Å². The van der Waals surface area contributed by atoms with Crippen LogP contribution in [0.25, 0.3) is 0 Å². The van der Waals surface area contributed by atoms with Crippen LogP contribution in [-0.2, 0) is 10.0 Å².